The van der Waals surface area contributed by atoms with E-state index in [1.54, 1.807) is 24.1 Å². The first-order valence-electron chi connectivity index (χ1n) is 8.77. The van der Waals surface area contributed by atoms with Gasteiger partial charge in [0.15, 0.2) is 11.5 Å². The van der Waals surface area contributed by atoms with Crippen molar-refractivity contribution in [2.75, 3.05) is 19.0 Å². The Balaban J connectivity index is 1.68. The third-order valence-electron chi connectivity index (χ3n) is 4.11. The summed E-state index contributed by atoms with van der Waals surface area (Å²) in [7, 11) is 1.62. The van der Waals surface area contributed by atoms with Crippen LogP contribution >= 0.6 is 0 Å². The van der Waals surface area contributed by atoms with Crippen LogP contribution in [0.5, 0.6) is 5.75 Å². The molecule has 1 N–H and O–H groups in total. The fourth-order valence-corrected chi connectivity index (χ4v) is 2.65. The Bertz CT molecular complexity index is 882. The Morgan fingerprint density at radius 2 is 1.85 bits per heavy atom. The summed E-state index contributed by atoms with van der Waals surface area (Å²) in [4.78, 5) is 14.5. The molecule has 0 atom stereocenters. The van der Waals surface area contributed by atoms with Gasteiger partial charge in [-0.1, -0.05) is 36.4 Å². The van der Waals surface area contributed by atoms with E-state index < -0.39 is 0 Å². The van der Waals surface area contributed by atoms with Crippen molar-refractivity contribution in [1.82, 2.24) is 15.1 Å². The van der Waals surface area contributed by atoms with Crippen molar-refractivity contribution in [1.29, 1.82) is 0 Å². The summed E-state index contributed by atoms with van der Waals surface area (Å²) in [6.07, 6.45) is 0. The highest BCUT2D eigenvalue weighted by Crippen LogP contribution is 2.20. The summed E-state index contributed by atoms with van der Waals surface area (Å²) in [5, 5.41) is 11.4. The molecule has 0 saturated heterocycles. The maximum Gasteiger partial charge on any atom is 0.274 e. The molecule has 138 valence electrons. The van der Waals surface area contributed by atoms with Crippen LogP contribution in [0.25, 0.3) is 0 Å². The first-order valence-corrected chi connectivity index (χ1v) is 8.77. The van der Waals surface area contributed by atoms with E-state index in [-0.39, 0.29) is 5.91 Å². The second-order valence-corrected chi connectivity index (χ2v) is 5.97. The molecule has 3 aromatic rings. The van der Waals surface area contributed by atoms with Gasteiger partial charge in [0.1, 0.15) is 5.75 Å². The standard InChI is InChI=1S/C21H22N4O2/c1-3-25(15-16-8-5-4-6-9-16)21(26)19-12-13-20(24-23-19)22-17-10-7-11-18(14-17)27-2/h4-14H,3,15H2,1-2H3,(H,22,24). The number of anilines is 2. The number of carbonyl (C=O) groups is 1. The van der Waals surface area contributed by atoms with E-state index in [9.17, 15) is 4.79 Å². The highest BCUT2D eigenvalue weighted by molar-refractivity contribution is 5.92. The number of nitrogens with zero attached hydrogens (tertiary/aromatic N) is 3. The number of nitrogens with one attached hydrogen (secondary N) is 1. The molecule has 0 saturated carbocycles. The fourth-order valence-electron chi connectivity index (χ4n) is 2.65. The maximum absolute atomic E-state index is 12.7. The third-order valence-corrected chi connectivity index (χ3v) is 4.11. The number of carbonyl (C=O) groups excluding carboxylic acids is 1. The molecule has 2 aromatic carbocycles. The van der Waals surface area contributed by atoms with E-state index in [4.69, 9.17) is 4.74 Å². The molecule has 0 aliphatic carbocycles. The van der Waals surface area contributed by atoms with Crippen molar-refractivity contribution < 1.29 is 9.53 Å². The summed E-state index contributed by atoms with van der Waals surface area (Å²) >= 11 is 0. The Hall–Kier alpha value is -3.41. The largest absolute Gasteiger partial charge is 0.497 e. The van der Waals surface area contributed by atoms with E-state index >= 15 is 0 Å². The van der Waals surface area contributed by atoms with Crippen molar-refractivity contribution in [3.05, 3.63) is 78.0 Å². The van der Waals surface area contributed by atoms with E-state index in [1.807, 2.05) is 61.5 Å². The molecule has 0 bridgehead atoms. The number of rotatable bonds is 7. The maximum atomic E-state index is 12.7. The summed E-state index contributed by atoms with van der Waals surface area (Å²) in [6.45, 7) is 3.09. The number of amides is 1. The lowest BCUT2D eigenvalue weighted by atomic mass is 10.2. The molecule has 0 fully saturated rings. The fraction of sp³-hybridized carbons (Fsp3) is 0.190. The predicted molar refractivity (Wildman–Crippen MR) is 105 cm³/mol. The molecule has 0 unspecified atom stereocenters. The first kappa shape index (κ1) is 18.4. The average Bonchev–Trinajstić information content (AvgIpc) is 2.73. The first-order chi connectivity index (χ1) is 13.2. The minimum Gasteiger partial charge on any atom is -0.497 e. The molecule has 0 spiro atoms. The van der Waals surface area contributed by atoms with Crippen molar-refractivity contribution in [3.8, 4) is 5.75 Å². The van der Waals surface area contributed by atoms with Crippen LogP contribution in [0.1, 0.15) is 23.0 Å². The van der Waals surface area contributed by atoms with E-state index in [0.717, 1.165) is 17.0 Å². The predicted octanol–water partition coefficient (Wildman–Crippen LogP) is 3.89. The molecule has 0 aliphatic heterocycles. The molecule has 0 radical (unpaired) electrons. The minimum absolute atomic E-state index is 0.137. The Kier molecular flexibility index (Phi) is 5.99. The average molecular weight is 362 g/mol. The van der Waals surface area contributed by atoms with Crippen LogP contribution in [0.3, 0.4) is 0 Å². The number of aromatic nitrogens is 2. The SMILES string of the molecule is CCN(Cc1ccccc1)C(=O)c1ccc(Nc2cccc(OC)c2)nn1. The number of hydrogen-bond acceptors (Lipinski definition) is 5. The summed E-state index contributed by atoms with van der Waals surface area (Å²) in [5.41, 5.74) is 2.24. The molecule has 0 aliphatic rings. The zero-order chi connectivity index (χ0) is 19.1. The molecule has 27 heavy (non-hydrogen) atoms. The third kappa shape index (κ3) is 4.82. The van der Waals surface area contributed by atoms with Crippen LogP contribution in [0.15, 0.2) is 66.7 Å². The molecule has 3 rings (SSSR count). The van der Waals surface area contributed by atoms with E-state index in [2.05, 4.69) is 15.5 Å². The second-order valence-electron chi connectivity index (χ2n) is 5.97. The van der Waals surface area contributed by atoms with Crippen LogP contribution in [0.4, 0.5) is 11.5 Å². The van der Waals surface area contributed by atoms with Gasteiger partial charge in [-0.3, -0.25) is 4.79 Å². The van der Waals surface area contributed by atoms with Gasteiger partial charge in [-0.2, -0.15) is 0 Å². The number of benzene rings is 2. The van der Waals surface area contributed by atoms with Gasteiger partial charge in [0, 0.05) is 24.8 Å². The lowest BCUT2D eigenvalue weighted by Gasteiger charge is -2.20. The van der Waals surface area contributed by atoms with Gasteiger partial charge in [0.2, 0.25) is 0 Å². The topological polar surface area (TPSA) is 67.4 Å². The number of hydrogen-bond donors (Lipinski definition) is 1. The van der Waals surface area contributed by atoms with Crippen LogP contribution in [0, 0.1) is 0 Å². The molecule has 6 nitrogen and oxygen atoms in total. The van der Waals surface area contributed by atoms with Crippen molar-refractivity contribution in [2.45, 2.75) is 13.5 Å². The van der Waals surface area contributed by atoms with Crippen LogP contribution < -0.4 is 10.1 Å². The highest BCUT2D eigenvalue weighted by Gasteiger charge is 2.16. The molecule has 1 aromatic heterocycles. The number of ether oxygens (including phenoxy) is 1. The van der Waals surface area contributed by atoms with Crippen molar-refractivity contribution in [2.24, 2.45) is 0 Å². The Morgan fingerprint density at radius 1 is 1.04 bits per heavy atom. The van der Waals surface area contributed by atoms with Gasteiger partial charge in [-0.25, -0.2) is 0 Å². The van der Waals surface area contributed by atoms with Crippen LogP contribution in [-0.2, 0) is 6.54 Å². The lowest BCUT2D eigenvalue weighted by molar-refractivity contribution is 0.0745. The highest BCUT2D eigenvalue weighted by atomic mass is 16.5. The molecular weight excluding hydrogens is 340 g/mol. The normalized spacial score (nSPS) is 10.3. The summed E-state index contributed by atoms with van der Waals surface area (Å²) < 4.78 is 5.20. The Morgan fingerprint density at radius 3 is 2.52 bits per heavy atom. The van der Waals surface area contributed by atoms with Crippen LogP contribution in [-0.4, -0.2) is 34.7 Å². The quantitative estimate of drug-likeness (QED) is 0.691. The van der Waals surface area contributed by atoms with Gasteiger partial charge >= 0.3 is 0 Å². The lowest BCUT2D eigenvalue weighted by Crippen LogP contribution is -2.31. The van der Waals surface area contributed by atoms with Gasteiger partial charge < -0.3 is 15.0 Å². The molecule has 6 heteroatoms. The van der Waals surface area contributed by atoms with Crippen LogP contribution in [0.2, 0.25) is 0 Å². The monoisotopic (exact) mass is 362 g/mol. The number of methoxy groups -OCH3 is 1. The van der Waals surface area contributed by atoms with E-state index in [1.165, 1.54) is 0 Å². The zero-order valence-electron chi connectivity index (χ0n) is 15.4. The smallest absolute Gasteiger partial charge is 0.274 e. The van der Waals surface area contributed by atoms with Crippen molar-refractivity contribution in [3.63, 3.8) is 0 Å². The minimum atomic E-state index is -0.137. The zero-order valence-corrected chi connectivity index (χ0v) is 15.4. The van der Waals surface area contributed by atoms with Gasteiger partial charge in [-0.15, -0.1) is 10.2 Å². The van der Waals surface area contributed by atoms with E-state index in [0.29, 0.717) is 24.6 Å². The second kappa shape index (κ2) is 8.80. The molecule has 1 heterocycles. The summed E-state index contributed by atoms with van der Waals surface area (Å²) in [6, 6.07) is 20.8. The van der Waals surface area contributed by atoms with Gasteiger partial charge in [-0.05, 0) is 36.8 Å². The molecular formula is C21H22N4O2. The Labute approximate surface area is 158 Å². The summed E-state index contributed by atoms with van der Waals surface area (Å²) in [5.74, 6) is 1.17. The van der Waals surface area contributed by atoms with Gasteiger partial charge in [0.05, 0.1) is 7.11 Å². The van der Waals surface area contributed by atoms with Crippen molar-refractivity contribution >= 4 is 17.4 Å². The molecule has 1 amide bonds. The van der Waals surface area contributed by atoms with Gasteiger partial charge in [0.25, 0.3) is 5.91 Å².